The minimum absolute atomic E-state index is 0.0419. The molecule has 0 amide bonds. The van der Waals surface area contributed by atoms with Crippen molar-refractivity contribution in [1.82, 2.24) is 0 Å². The summed E-state index contributed by atoms with van der Waals surface area (Å²) < 4.78 is 41.2. The highest BCUT2D eigenvalue weighted by Gasteiger charge is 2.17. The molecule has 2 N–H and O–H groups in total. The van der Waals surface area contributed by atoms with Gasteiger partial charge in [0.2, 0.25) is 0 Å². The zero-order valence-corrected chi connectivity index (χ0v) is 10.3. The number of hydrogen-bond acceptors (Lipinski definition) is 2. The van der Waals surface area contributed by atoms with Gasteiger partial charge in [-0.3, -0.25) is 0 Å². The molecule has 0 aliphatic carbocycles. The lowest BCUT2D eigenvalue weighted by atomic mass is 10.1. The van der Waals surface area contributed by atoms with Crippen LogP contribution in [-0.2, 0) is 6.54 Å². The summed E-state index contributed by atoms with van der Waals surface area (Å²) >= 11 is 0. The fraction of sp³-hybridized carbons (Fsp3) is 0.143. The van der Waals surface area contributed by atoms with E-state index in [2.05, 4.69) is 0 Å². The van der Waals surface area contributed by atoms with Crippen molar-refractivity contribution in [2.24, 2.45) is 5.73 Å². The zero-order valence-electron chi connectivity index (χ0n) is 10.3. The van der Waals surface area contributed by atoms with E-state index in [1.54, 1.807) is 6.07 Å². The lowest BCUT2D eigenvalue weighted by molar-refractivity contribution is 0.500. The van der Waals surface area contributed by atoms with Gasteiger partial charge in [-0.05, 0) is 18.2 Å². The first-order valence-corrected chi connectivity index (χ1v) is 5.71. The van der Waals surface area contributed by atoms with Gasteiger partial charge in [-0.1, -0.05) is 18.2 Å². The molecule has 0 radical (unpaired) electrons. The molecule has 0 fully saturated rings. The average Bonchev–Trinajstić information content (AvgIpc) is 2.41. The van der Waals surface area contributed by atoms with Crippen LogP contribution in [0.1, 0.15) is 5.56 Å². The molecule has 0 bridgehead atoms. The molecule has 2 aromatic carbocycles. The van der Waals surface area contributed by atoms with Crippen LogP contribution in [0.15, 0.2) is 36.4 Å². The Labute approximate surface area is 109 Å². The van der Waals surface area contributed by atoms with Gasteiger partial charge < -0.3 is 10.6 Å². The number of hydrogen-bond donors (Lipinski definition) is 1. The molecule has 19 heavy (non-hydrogen) atoms. The molecule has 0 aromatic heterocycles. The fourth-order valence-electron chi connectivity index (χ4n) is 1.85. The lowest BCUT2D eigenvalue weighted by Gasteiger charge is -2.21. The molecular formula is C14H13F3N2. The molecule has 0 heterocycles. The molecule has 0 spiro atoms. The number of rotatable bonds is 3. The van der Waals surface area contributed by atoms with Gasteiger partial charge in [0.15, 0.2) is 11.6 Å². The van der Waals surface area contributed by atoms with Crippen molar-refractivity contribution < 1.29 is 13.2 Å². The Morgan fingerprint density at radius 2 is 1.63 bits per heavy atom. The van der Waals surface area contributed by atoms with Crippen LogP contribution in [0.3, 0.4) is 0 Å². The Balaban J connectivity index is 2.48. The van der Waals surface area contributed by atoms with Gasteiger partial charge in [0.05, 0.1) is 11.4 Å². The summed E-state index contributed by atoms with van der Waals surface area (Å²) in [5.41, 5.74) is 5.51. The van der Waals surface area contributed by atoms with Gasteiger partial charge in [0, 0.05) is 19.2 Å². The van der Waals surface area contributed by atoms with E-state index < -0.39 is 17.5 Å². The van der Waals surface area contributed by atoms with E-state index in [0.717, 1.165) is 0 Å². The zero-order chi connectivity index (χ0) is 14.0. The maximum absolute atomic E-state index is 13.9. The molecular weight excluding hydrogens is 253 g/mol. The van der Waals surface area contributed by atoms with Crippen molar-refractivity contribution in [2.45, 2.75) is 6.54 Å². The van der Waals surface area contributed by atoms with E-state index in [1.165, 1.54) is 42.3 Å². The Kier molecular flexibility index (Phi) is 3.76. The van der Waals surface area contributed by atoms with Gasteiger partial charge in [0.1, 0.15) is 5.82 Å². The third-order valence-corrected chi connectivity index (χ3v) is 2.94. The van der Waals surface area contributed by atoms with Crippen molar-refractivity contribution in [3.8, 4) is 0 Å². The highest BCUT2D eigenvalue weighted by molar-refractivity contribution is 5.64. The van der Waals surface area contributed by atoms with Gasteiger partial charge in [-0.15, -0.1) is 0 Å². The smallest absolute Gasteiger partial charge is 0.182 e. The second-order valence-corrected chi connectivity index (χ2v) is 4.09. The summed E-state index contributed by atoms with van der Waals surface area (Å²) in [5.74, 6) is -2.54. The molecule has 0 aliphatic rings. The van der Waals surface area contributed by atoms with Gasteiger partial charge in [-0.25, -0.2) is 13.2 Å². The monoisotopic (exact) mass is 266 g/mol. The van der Waals surface area contributed by atoms with Crippen LogP contribution in [-0.4, -0.2) is 7.05 Å². The normalized spacial score (nSPS) is 10.6. The molecule has 0 atom stereocenters. The van der Waals surface area contributed by atoms with E-state index in [4.69, 9.17) is 5.73 Å². The van der Waals surface area contributed by atoms with Crippen molar-refractivity contribution in [3.63, 3.8) is 0 Å². The quantitative estimate of drug-likeness (QED) is 0.923. The molecule has 100 valence electrons. The topological polar surface area (TPSA) is 29.3 Å². The number of benzene rings is 2. The molecule has 5 heteroatoms. The van der Waals surface area contributed by atoms with E-state index >= 15 is 0 Å². The molecule has 2 rings (SSSR count). The van der Waals surface area contributed by atoms with E-state index in [-0.39, 0.29) is 23.5 Å². The minimum atomic E-state index is -1.03. The number of halogens is 3. The van der Waals surface area contributed by atoms with Crippen LogP contribution in [0.2, 0.25) is 0 Å². The van der Waals surface area contributed by atoms with Crippen LogP contribution in [0.25, 0.3) is 0 Å². The second-order valence-electron chi connectivity index (χ2n) is 4.09. The van der Waals surface area contributed by atoms with Gasteiger partial charge >= 0.3 is 0 Å². The number of nitrogens with two attached hydrogens (primary N) is 1. The SMILES string of the molecule is CN(c1ccccc1F)c1ccc(CN)c(F)c1F. The van der Waals surface area contributed by atoms with Gasteiger partial charge in [0.25, 0.3) is 0 Å². The highest BCUT2D eigenvalue weighted by Crippen LogP contribution is 2.30. The Bertz CT molecular complexity index is 599. The Morgan fingerprint density at radius 1 is 0.947 bits per heavy atom. The Morgan fingerprint density at radius 3 is 2.26 bits per heavy atom. The molecule has 0 saturated carbocycles. The lowest BCUT2D eigenvalue weighted by Crippen LogP contribution is -2.14. The van der Waals surface area contributed by atoms with Crippen LogP contribution in [0.5, 0.6) is 0 Å². The summed E-state index contributed by atoms with van der Waals surface area (Å²) in [5, 5.41) is 0. The largest absolute Gasteiger partial charge is 0.340 e. The van der Waals surface area contributed by atoms with Crippen molar-refractivity contribution in [2.75, 3.05) is 11.9 Å². The minimum Gasteiger partial charge on any atom is -0.340 e. The van der Waals surface area contributed by atoms with Crippen LogP contribution in [0.4, 0.5) is 24.5 Å². The van der Waals surface area contributed by atoms with Crippen molar-refractivity contribution in [1.29, 1.82) is 0 Å². The predicted molar refractivity (Wildman–Crippen MR) is 68.7 cm³/mol. The van der Waals surface area contributed by atoms with Crippen LogP contribution >= 0.6 is 0 Å². The van der Waals surface area contributed by atoms with E-state index in [9.17, 15) is 13.2 Å². The maximum Gasteiger partial charge on any atom is 0.182 e. The first-order chi connectivity index (χ1) is 9.06. The summed E-state index contributed by atoms with van der Waals surface area (Å²) in [4.78, 5) is 1.26. The highest BCUT2D eigenvalue weighted by atomic mass is 19.2. The number of anilines is 2. The first-order valence-electron chi connectivity index (χ1n) is 5.71. The van der Waals surface area contributed by atoms with Crippen molar-refractivity contribution in [3.05, 3.63) is 59.4 Å². The summed E-state index contributed by atoms with van der Waals surface area (Å²) in [6.45, 7) is -0.0908. The molecule has 0 aliphatic heterocycles. The first kappa shape index (κ1) is 13.4. The molecule has 2 aromatic rings. The standard InChI is InChI=1S/C14H13F3N2/c1-19(11-5-3-2-4-10(11)15)12-7-6-9(8-18)13(16)14(12)17/h2-7H,8,18H2,1H3. The van der Waals surface area contributed by atoms with Crippen LogP contribution in [0, 0.1) is 17.5 Å². The van der Waals surface area contributed by atoms with E-state index in [0.29, 0.717) is 0 Å². The molecule has 0 saturated heterocycles. The summed E-state index contributed by atoms with van der Waals surface area (Å²) in [6, 6.07) is 8.68. The average molecular weight is 266 g/mol. The van der Waals surface area contributed by atoms with E-state index in [1.807, 2.05) is 0 Å². The second kappa shape index (κ2) is 5.32. The summed E-state index contributed by atoms with van der Waals surface area (Å²) in [6.07, 6.45) is 0. The number of nitrogens with zero attached hydrogens (tertiary/aromatic N) is 1. The van der Waals surface area contributed by atoms with Crippen molar-refractivity contribution >= 4 is 11.4 Å². The van der Waals surface area contributed by atoms with Crippen LogP contribution < -0.4 is 10.6 Å². The Hall–Kier alpha value is -2.01. The fourth-order valence-corrected chi connectivity index (χ4v) is 1.85. The predicted octanol–water partition coefficient (Wildman–Crippen LogP) is 3.33. The molecule has 0 unspecified atom stereocenters. The van der Waals surface area contributed by atoms with Gasteiger partial charge in [-0.2, -0.15) is 0 Å². The number of para-hydroxylation sites is 1. The third kappa shape index (κ3) is 2.42. The third-order valence-electron chi connectivity index (χ3n) is 2.94. The summed E-state index contributed by atoms with van der Waals surface area (Å²) in [7, 11) is 1.47. The maximum atomic E-state index is 13.9. The molecule has 2 nitrogen and oxygen atoms in total.